The molecular formula is C11H7F5N2O2. The molecule has 0 radical (unpaired) electrons. The number of methoxy groups -OCH3 is 1. The molecule has 0 aliphatic heterocycles. The number of carbonyl (C=O) groups excluding carboxylic acids is 1. The predicted octanol–water partition coefficient (Wildman–Crippen LogP) is 2.63. The number of pyridine rings is 1. The molecule has 0 bridgehead atoms. The first-order valence-corrected chi connectivity index (χ1v) is 5.06. The number of alkyl halides is 5. The van der Waals surface area contributed by atoms with E-state index in [4.69, 9.17) is 5.26 Å². The van der Waals surface area contributed by atoms with E-state index in [1.54, 1.807) is 0 Å². The quantitative estimate of drug-likeness (QED) is 0.635. The van der Waals surface area contributed by atoms with Crippen LogP contribution in [-0.4, -0.2) is 18.1 Å². The second-order valence-corrected chi connectivity index (χ2v) is 3.58. The van der Waals surface area contributed by atoms with Crippen LogP contribution in [0.25, 0.3) is 0 Å². The van der Waals surface area contributed by atoms with Gasteiger partial charge in [-0.2, -0.15) is 18.4 Å². The summed E-state index contributed by atoms with van der Waals surface area (Å²) < 4.78 is 67.5. The standard InChI is InChI=1S/C11H7F5N2O2/c1-20-9(19)3-7-5(4-17)6(11(14,15)16)2-8(18-7)10(12)13/h2,10H,3H2,1H3. The van der Waals surface area contributed by atoms with Crippen molar-refractivity contribution in [2.24, 2.45) is 0 Å². The Morgan fingerprint density at radius 2 is 2.10 bits per heavy atom. The topological polar surface area (TPSA) is 63.0 Å². The molecule has 1 rings (SSSR count). The number of hydrogen-bond acceptors (Lipinski definition) is 4. The van der Waals surface area contributed by atoms with Crippen LogP contribution in [0, 0.1) is 11.3 Å². The van der Waals surface area contributed by atoms with Crippen LogP contribution in [0.15, 0.2) is 6.07 Å². The minimum atomic E-state index is -5.01. The lowest BCUT2D eigenvalue weighted by atomic mass is 10.0. The number of carbonyl (C=O) groups is 1. The molecule has 9 heteroatoms. The fraction of sp³-hybridized carbons (Fsp3) is 0.364. The zero-order chi connectivity index (χ0) is 15.5. The third kappa shape index (κ3) is 3.40. The minimum absolute atomic E-state index is 0.101. The molecule has 0 aliphatic carbocycles. The van der Waals surface area contributed by atoms with Crippen molar-refractivity contribution >= 4 is 5.97 Å². The van der Waals surface area contributed by atoms with Gasteiger partial charge in [0.05, 0.1) is 30.4 Å². The first kappa shape index (κ1) is 15.8. The highest BCUT2D eigenvalue weighted by atomic mass is 19.4. The third-order valence-electron chi connectivity index (χ3n) is 2.29. The Labute approximate surface area is 109 Å². The molecule has 4 nitrogen and oxygen atoms in total. The highest BCUT2D eigenvalue weighted by Gasteiger charge is 2.37. The summed E-state index contributed by atoms with van der Waals surface area (Å²) in [6.07, 6.45) is -9.08. The molecule has 0 fully saturated rings. The van der Waals surface area contributed by atoms with Gasteiger partial charge in [0.25, 0.3) is 6.43 Å². The molecule has 0 aliphatic rings. The average Bonchev–Trinajstić information content (AvgIpc) is 2.36. The smallest absolute Gasteiger partial charge is 0.417 e. The van der Waals surface area contributed by atoms with Crippen molar-refractivity contribution in [2.45, 2.75) is 19.0 Å². The van der Waals surface area contributed by atoms with Crippen molar-refractivity contribution in [3.63, 3.8) is 0 Å². The number of ether oxygens (including phenoxy) is 1. The molecule has 0 atom stereocenters. The van der Waals surface area contributed by atoms with Crippen LogP contribution >= 0.6 is 0 Å². The van der Waals surface area contributed by atoms with Gasteiger partial charge in [0.2, 0.25) is 0 Å². The Bertz CT molecular complexity index is 563. The van der Waals surface area contributed by atoms with Crippen LogP contribution in [0.2, 0.25) is 0 Å². The second-order valence-electron chi connectivity index (χ2n) is 3.58. The summed E-state index contributed by atoms with van der Waals surface area (Å²) in [5.41, 5.74) is -4.36. The van der Waals surface area contributed by atoms with Crippen molar-refractivity contribution < 1.29 is 31.5 Å². The second kappa shape index (κ2) is 5.81. The van der Waals surface area contributed by atoms with Gasteiger partial charge in [-0.05, 0) is 6.07 Å². The van der Waals surface area contributed by atoms with Gasteiger partial charge in [0.1, 0.15) is 11.8 Å². The van der Waals surface area contributed by atoms with Crippen molar-refractivity contribution in [2.75, 3.05) is 7.11 Å². The summed E-state index contributed by atoms with van der Waals surface area (Å²) in [6, 6.07) is 1.33. The Morgan fingerprint density at radius 1 is 1.50 bits per heavy atom. The van der Waals surface area contributed by atoms with E-state index in [1.165, 1.54) is 6.07 Å². The maximum absolute atomic E-state index is 12.7. The summed E-state index contributed by atoms with van der Waals surface area (Å²) in [7, 11) is 0.968. The molecule has 108 valence electrons. The van der Waals surface area contributed by atoms with Crippen LogP contribution < -0.4 is 0 Å². The third-order valence-corrected chi connectivity index (χ3v) is 2.29. The molecule has 1 aromatic rings. The summed E-state index contributed by atoms with van der Waals surface area (Å²) >= 11 is 0. The largest absolute Gasteiger partial charge is 0.469 e. The molecule has 0 aromatic carbocycles. The first-order chi connectivity index (χ1) is 9.20. The highest BCUT2D eigenvalue weighted by Crippen LogP contribution is 2.35. The van der Waals surface area contributed by atoms with Gasteiger partial charge < -0.3 is 4.74 Å². The van der Waals surface area contributed by atoms with E-state index in [0.29, 0.717) is 0 Å². The number of nitrogens with zero attached hydrogens (tertiary/aromatic N) is 2. The number of aromatic nitrogens is 1. The molecule has 1 heterocycles. The average molecular weight is 294 g/mol. The number of halogens is 5. The number of hydrogen-bond donors (Lipinski definition) is 0. The van der Waals surface area contributed by atoms with Gasteiger partial charge in [0.15, 0.2) is 0 Å². The van der Waals surface area contributed by atoms with Crippen molar-refractivity contribution in [1.82, 2.24) is 4.98 Å². The number of nitriles is 1. The molecule has 1 aromatic heterocycles. The Balaban J connectivity index is 3.52. The van der Waals surface area contributed by atoms with E-state index >= 15 is 0 Å². The van der Waals surface area contributed by atoms with E-state index < -0.39 is 47.5 Å². The highest BCUT2D eigenvalue weighted by molar-refractivity contribution is 5.73. The van der Waals surface area contributed by atoms with Crippen LogP contribution in [-0.2, 0) is 22.1 Å². The van der Waals surface area contributed by atoms with Crippen LogP contribution in [0.3, 0.4) is 0 Å². The summed E-state index contributed by atoms with van der Waals surface area (Å²) in [4.78, 5) is 14.3. The summed E-state index contributed by atoms with van der Waals surface area (Å²) in [5, 5.41) is 8.75. The van der Waals surface area contributed by atoms with Gasteiger partial charge >= 0.3 is 12.1 Å². The predicted molar refractivity (Wildman–Crippen MR) is 54.6 cm³/mol. The molecule has 0 N–H and O–H groups in total. The Kier molecular flexibility index (Phi) is 4.60. The fourth-order valence-corrected chi connectivity index (χ4v) is 1.42. The van der Waals surface area contributed by atoms with E-state index in [0.717, 1.165) is 7.11 Å². The molecule has 20 heavy (non-hydrogen) atoms. The fourth-order valence-electron chi connectivity index (χ4n) is 1.42. The van der Waals surface area contributed by atoms with E-state index in [2.05, 4.69) is 9.72 Å². The van der Waals surface area contributed by atoms with E-state index in [9.17, 15) is 26.7 Å². The van der Waals surface area contributed by atoms with Crippen LogP contribution in [0.5, 0.6) is 0 Å². The van der Waals surface area contributed by atoms with Crippen LogP contribution in [0.4, 0.5) is 22.0 Å². The van der Waals surface area contributed by atoms with Gasteiger partial charge in [-0.15, -0.1) is 0 Å². The Hall–Kier alpha value is -2.24. The maximum Gasteiger partial charge on any atom is 0.417 e. The number of esters is 1. The van der Waals surface area contributed by atoms with Crippen molar-refractivity contribution in [3.05, 3.63) is 28.6 Å². The van der Waals surface area contributed by atoms with Gasteiger partial charge in [-0.3, -0.25) is 4.79 Å². The van der Waals surface area contributed by atoms with Crippen LogP contribution in [0.1, 0.15) is 28.9 Å². The molecule has 0 unspecified atom stereocenters. The normalized spacial score (nSPS) is 11.3. The number of rotatable bonds is 3. The van der Waals surface area contributed by atoms with Gasteiger partial charge in [0, 0.05) is 0 Å². The zero-order valence-corrected chi connectivity index (χ0v) is 9.96. The molecule has 0 saturated heterocycles. The summed E-state index contributed by atoms with van der Waals surface area (Å²) in [6.45, 7) is 0. The van der Waals surface area contributed by atoms with Crippen molar-refractivity contribution in [3.8, 4) is 6.07 Å². The maximum atomic E-state index is 12.7. The van der Waals surface area contributed by atoms with Crippen molar-refractivity contribution in [1.29, 1.82) is 5.26 Å². The minimum Gasteiger partial charge on any atom is -0.469 e. The molecular weight excluding hydrogens is 287 g/mol. The lowest BCUT2D eigenvalue weighted by molar-refractivity contribution is -0.141. The molecule has 0 amide bonds. The lowest BCUT2D eigenvalue weighted by Gasteiger charge is -2.13. The monoisotopic (exact) mass is 294 g/mol. The lowest BCUT2D eigenvalue weighted by Crippen LogP contribution is -2.16. The van der Waals surface area contributed by atoms with E-state index in [-0.39, 0.29) is 6.07 Å². The van der Waals surface area contributed by atoms with Gasteiger partial charge in [-0.1, -0.05) is 0 Å². The van der Waals surface area contributed by atoms with Gasteiger partial charge in [-0.25, -0.2) is 13.8 Å². The SMILES string of the molecule is COC(=O)Cc1nc(C(F)F)cc(C(F)(F)F)c1C#N. The summed E-state index contributed by atoms with van der Waals surface area (Å²) in [5.74, 6) is -0.992. The first-order valence-electron chi connectivity index (χ1n) is 5.06. The van der Waals surface area contributed by atoms with E-state index in [1.807, 2.05) is 0 Å². The molecule has 0 saturated carbocycles. The Morgan fingerprint density at radius 3 is 2.50 bits per heavy atom. The molecule has 0 spiro atoms. The zero-order valence-electron chi connectivity index (χ0n) is 9.96.